The first-order chi connectivity index (χ1) is 12.1. The second kappa shape index (κ2) is 6.19. The van der Waals surface area contributed by atoms with E-state index in [4.69, 9.17) is 9.56 Å². The molecule has 6 nitrogen and oxygen atoms in total. The largest absolute Gasteiger partial charge is 0.424 e. The summed E-state index contributed by atoms with van der Waals surface area (Å²) in [6, 6.07) is 6.24. The normalized spacial score (nSPS) is 11.7. The third-order valence-electron chi connectivity index (χ3n) is 4.05. The van der Waals surface area contributed by atoms with Gasteiger partial charge in [-0.15, -0.1) is 0 Å². The molecule has 1 aromatic heterocycles. The highest BCUT2D eigenvalue weighted by Gasteiger charge is 2.22. The summed E-state index contributed by atoms with van der Waals surface area (Å²) in [5.41, 5.74) is 1.88. The highest BCUT2D eigenvalue weighted by molar-refractivity contribution is 7.89. The topological polar surface area (TPSA) is 95.3 Å². The average Bonchev–Trinajstić information content (AvgIpc) is 2.92. The SMILES string of the molecule is Cc1ccc(-n2c(-c3cc(F)c(S(N)(=O)=O)cc3F)coc2=O)cc1C. The van der Waals surface area contributed by atoms with Crippen LogP contribution < -0.4 is 10.9 Å². The van der Waals surface area contributed by atoms with E-state index in [0.717, 1.165) is 22.0 Å². The van der Waals surface area contributed by atoms with Crippen LogP contribution in [0.4, 0.5) is 8.78 Å². The van der Waals surface area contributed by atoms with E-state index in [1.807, 2.05) is 13.8 Å². The standard InChI is InChI=1S/C17H14F2N2O4S/c1-9-3-4-11(5-10(9)2)21-15(8-25-17(21)22)12-6-14(19)16(7-13(12)18)26(20,23)24/h3-8H,1-2H3,(H2,20,23,24). The molecule has 26 heavy (non-hydrogen) atoms. The molecule has 0 spiro atoms. The molecular weight excluding hydrogens is 366 g/mol. The van der Waals surface area contributed by atoms with Crippen LogP contribution in [-0.2, 0) is 10.0 Å². The highest BCUT2D eigenvalue weighted by Crippen LogP contribution is 2.28. The zero-order valence-electron chi connectivity index (χ0n) is 13.8. The quantitative estimate of drug-likeness (QED) is 0.756. The van der Waals surface area contributed by atoms with Crippen molar-refractivity contribution in [2.24, 2.45) is 5.14 Å². The molecule has 3 aromatic rings. The van der Waals surface area contributed by atoms with Crippen LogP contribution in [0.5, 0.6) is 0 Å². The van der Waals surface area contributed by atoms with Crippen LogP contribution in [0.25, 0.3) is 16.9 Å². The summed E-state index contributed by atoms with van der Waals surface area (Å²) in [5.74, 6) is -3.09. The van der Waals surface area contributed by atoms with Crippen LogP contribution in [0.3, 0.4) is 0 Å². The molecule has 3 rings (SSSR count). The third-order valence-corrected chi connectivity index (χ3v) is 4.97. The summed E-state index contributed by atoms with van der Waals surface area (Å²) >= 11 is 0. The Hall–Kier alpha value is -2.78. The van der Waals surface area contributed by atoms with Crippen molar-refractivity contribution in [2.45, 2.75) is 18.7 Å². The van der Waals surface area contributed by atoms with Gasteiger partial charge in [0.05, 0.1) is 11.4 Å². The number of aryl methyl sites for hydroxylation is 2. The van der Waals surface area contributed by atoms with E-state index < -0.39 is 32.3 Å². The Balaban J connectivity index is 2.26. The van der Waals surface area contributed by atoms with E-state index in [9.17, 15) is 22.0 Å². The Morgan fingerprint density at radius 3 is 2.35 bits per heavy atom. The molecule has 0 aliphatic heterocycles. The Bertz CT molecular complexity index is 1180. The van der Waals surface area contributed by atoms with Gasteiger partial charge in [0.25, 0.3) is 0 Å². The monoisotopic (exact) mass is 380 g/mol. The van der Waals surface area contributed by atoms with Crippen LogP contribution in [0.15, 0.2) is 50.7 Å². The predicted octanol–water partition coefficient (Wildman–Crippen LogP) is 2.64. The smallest absolute Gasteiger partial charge is 0.415 e. The Morgan fingerprint density at radius 1 is 1.04 bits per heavy atom. The minimum Gasteiger partial charge on any atom is -0.415 e. The molecule has 1 heterocycles. The van der Waals surface area contributed by atoms with E-state index in [1.54, 1.807) is 18.2 Å². The van der Waals surface area contributed by atoms with E-state index >= 15 is 0 Å². The highest BCUT2D eigenvalue weighted by atomic mass is 32.2. The molecule has 2 N–H and O–H groups in total. The van der Waals surface area contributed by atoms with Gasteiger partial charge in [-0.3, -0.25) is 0 Å². The zero-order valence-corrected chi connectivity index (χ0v) is 14.6. The Labute approximate surface area is 147 Å². The molecule has 0 radical (unpaired) electrons. The van der Waals surface area contributed by atoms with Gasteiger partial charge in [0.2, 0.25) is 10.0 Å². The molecule has 0 fully saturated rings. The van der Waals surface area contributed by atoms with E-state index in [1.165, 1.54) is 0 Å². The molecule has 136 valence electrons. The summed E-state index contributed by atoms with van der Waals surface area (Å²) in [4.78, 5) is 11.1. The van der Waals surface area contributed by atoms with Gasteiger partial charge in [0.1, 0.15) is 22.8 Å². The fourth-order valence-corrected chi connectivity index (χ4v) is 3.14. The van der Waals surface area contributed by atoms with Crippen molar-refractivity contribution in [2.75, 3.05) is 0 Å². The first-order valence-corrected chi connectivity index (χ1v) is 8.94. The first kappa shape index (κ1) is 18.0. The zero-order chi connectivity index (χ0) is 19.2. The maximum atomic E-state index is 14.5. The van der Waals surface area contributed by atoms with Crippen molar-refractivity contribution >= 4 is 10.0 Å². The van der Waals surface area contributed by atoms with Gasteiger partial charge in [-0.2, -0.15) is 0 Å². The van der Waals surface area contributed by atoms with Crippen LogP contribution in [0.2, 0.25) is 0 Å². The van der Waals surface area contributed by atoms with E-state index in [0.29, 0.717) is 17.8 Å². The Kier molecular flexibility index (Phi) is 4.29. The van der Waals surface area contributed by atoms with Gasteiger partial charge in [-0.05, 0) is 49.2 Å². The molecule has 0 saturated heterocycles. The van der Waals surface area contributed by atoms with Crippen molar-refractivity contribution in [1.82, 2.24) is 4.57 Å². The number of hydrogen-bond donors (Lipinski definition) is 1. The molecular formula is C17H14F2N2O4S. The fraction of sp³-hybridized carbons (Fsp3) is 0.118. The maximum Gasteiger partial charge on any atom is 0.424 e. The van der Waals surface area contributed by atoms with Gasteiger partial charge in [-0.1, -0.05) is 6.07 Å². The average molecular weight is 380 g/mol. The molecule has 0 bridgehead atoms. The molecule has 0 saturated carbocycles. The van der Waals surface area contributed by atoms with Gasteiger partial charge in [-0.25, -0.2) is 31.7 Å². The van der Waals surface area contributed by atoms with Crippen molar-refractivity contribution in [3.05, 3.63) is 69.9 Å². The first-order valence-electron chi connectivity index (χ1n) is 7.40. The lowest BCUT2D eigenvalue weighted by atomic mass is 10.1. The van der Waals surface area contributed by atoms with E-state index in [-0.39, 0.29) is 11.3 Å². The summed E-state index contributed by atoms with van der Waals surface area (Å²) < 4.78 is 57.1. The van der Waals surface area contributed by atoms with Crippen LogP contribution in [0, 0.1) is 25.5 Å². The van der Waals surface area contributed by atoms with Gasteiger partial charge >= 0.3 is 5.76 Å². The van der Waals surface area contributed by atoms with Crippen LogP contribution in [-0.4, -0.2) is 13.0 Å². The number of halogens is 2. The molecule has 9 heteroatoms. The number of aromatic nitrogens is 1. The number of oxazole rings is 1. The van der Waals surface area contributed by atoms with Crippen molar-refractivity contribution in [3.8, 4) is 16.9 Å². The molecule has 0 unspecified atom stereocenters. The van der Waals surface area contributed by atoms with Gasteiger partial charge in [0, 0.05) is 5.56 Å². The summed E-state index contributed by atoms with van der Waals surface area (Å²) in [6.45, 7) is 3.73. The van der Waals surface area contributed by atoms with Crippen molar-refractivity contribution < 1.29 is 21.6 Å². The lowest BCUT2D eigenvalue weighted by molar-refractivity contribution is 0.504. The van der Waals surface area contributed by atoms with Crippen molar-refractivity contribution in [1.29, 1.82) is 0 Å². The van der Waals surface area contributed by atoms with Crippen molar-refractivity contribution in [3.63, 3.8) is 0 Å². The number of nitrogens with zero attached hydrogens (tertiary/aromatic N) is 1. The van der Waals surface area contributed by atoms with Gasteiger partial charge in [0.15, 0.2) is 0 Å². The minimum absolute atomic E-state index is 0.0596. The molecule has 0 aliphatic carbocycles. The summed E-state index contributed by atoms with van der Waals surface area (Å²) in [7, 11) is -4.43. The fourth-order valence-electron chi connectivity index (χ4n) is 2.55. The predicted molar refractivity (Wildman–Crippen MR) is 90.5 cm³/mol. The minimum atomic E-state index is -4.43. The van der Waals surface area contributed by atoms with Gasteiger partial charge < -0.3 is 4.42 Å². The maximum absolute atomic E-state index is 14.5. The van der Waals surface area contributed by atoms with E-state index in [2.05, 4.69) is 0 Å². The number of hydrogen-bond acceptors (Lipinski definition) is 4. The number of sulfonamides is 1. The molecule has 0 aliphatic rings. The number of rotatable bonds is 3. The molecule has 0 atom stereocenters. The number of primary sulfonamides is 1. The molecule has 2 aromatic carbocycles. The second-order valence-corrected chi connectivity index (χ2v) is 7.33. The van der Waals surface area contributed by atoms with Crippen LogP contribution >= 0.6 is 0 Å². The summed E-state index contributed by atoms with van der Waals surface area (Å²) in [5, 5.41) is 4.86. The lowest BCUT2D eigenvalue weighted by Gasteiger charge is -2.10. The Morgan fingerprint density at radius 2 is 1.73 bits per heavy atom. The molecule has 0 amide bonds. The lowest BCUT2D eigenvalue weighted by Crippen LogP contribution is -2.16. The summed E-state index contributed by atoms with van der Waals surface area (Å²) in [6.07, 6.45) is 0.978. The van der Waals surface area contributed by atoms with Crippen LogP contribution in [0.1, 0.15) is 11.1 Å². The third kappa shape index (κ3) is 3.06. The number of nitrogens with two attached hydrogens (primary N) is 1. The number of benzene rings is 2. The second-order valence-electron chi connectivity index (χ2n) is 5.80.